The number of anilines is 1. The largest absolute Gasteiger partial charge is 0.490 e. The molecule has 5 heterocycles. The number of ether oxygens (including phenoxy) is 4. The molecular weight excluding hydrogens is 410 g/mol. The summed E-state index contributed by atoms with van der Waals surface area (Å²) in [7, 11) is 0. The van der Waals surface area contributed by atoms with Crippen molar-refractivity contribution in [3.8, 4) is 5.75 Å². The van der Waals surface area contributed by atoms with Crippen LogP contribution in [-0.4, -0.2) is 50.2 Å². The first-order valence-corrected chi connectivity index (χ1v) is 10.5. The smallest absolute Gasteiger partial charge is 0.164 e. The fourth-order valence-corrected chi connectivity index (χ4v) is 4.59. The third kappa shape index (κ3) is 3.09. The third-order valence-corrected chi connectivity index (χ3v) is 5.95. The summed E-state index contributed by atoms with van der Waals surface area (Å²) in [6, 6.07) is 11.6. The lowest BCUT2D eigenvalue weighted by Crippen LogP contribution is -2.33. The van der Waals surface area contributed by atoms with Gasteiger partial charge in [-0.2, -0.15) is 0 Å². The molecule has 0 saturated carbocycles. The van der Waals surface area contributed by atoms with Gasteiger partial charge in [-0.3, -0.25) is 4.98 Å². The Labute approximate surface area is 184 Å². The molecular formula is C23H23N5O4. The molecule has 164 valence electrons. The molecule has 32 heavy (non-hydrogen) atoms. The van der Waals surface area contributed by atoms with Crippen LogP contribution in [0, 0.1) is 0 Å². The molecule has 6 rings (SSSR count). The van der Waals surface area contributed by atoms with Crippen molar-refractivity contribution in [2.24, 2.45) is 0 Å². The zero-order valence-corrected chi connectivity index (χ0v) is 17.7. The Bertz CT molecular complexity index is 1300. The Hall–Kier alpha value is -3.27. The van der Waals surface area contributed by atoms with Crippen molar-refractivity contribution in [3.63, 3.8) is 0 Å². The van der Waals surface area contributed by atoms with E-state index in [0.29, 0.717) is 18.1 Å². The second kappa shape index (κ2) is 7.13. The minimum atomic E-state index is -0.726. The van der Waals surface area contributed by atoms with Crippen LogP contribution in [0.5, 0.6) is 5.75 Å². The quantitative estimate of drug-likeness (QED) is 0.523. The molecule has 2 aliphatic rings. The lowest BCUT2D eigenvalue weighted by molar-refractivity contribution is -0.198. The van der Waals surface area contributed by atoms with Crippen LogP contribution in [0.2, 0.25) is 0 Å². The van der Waals surface area contributed by atoms with Crippen molar-refractivity contribution in [1.29, 1.82) is 0 Å². The van der Waals surface area contributed by atoms with E-state index >= 15 is 0 Å². The average Bonchev–Trinajstić information content (AvgIpc) is 3.44. The minimum absolute atomic E-state index is 0.292. The Morgan fingerprint density at radius 1 is 1.03 bits per heavy atom. The number of nitrogen functional groups attached to an aromatic ring is 1. The summed E-state index contributed by atoms with van der Waals surface area (Å²) in [5.74, 6) is 0.455. The summed E-state index contributed by atoms with van der Waals surface area (Å²) in [5.41, 5.74) is 7.59. The van der Waals surface area contributed by atoms with Gasteiger partial charge in [-0.25, -0.2) is 9.97 Å². The Balaban J connectivity index is 1.31. The van der Waals surface area contributed by atoms with Crippen LogP contribution in [0.4, 0.5) is 5.82 Å². The molecule has 9 heteroatoms. The zero-order valence-electron chi connectivity index (χ0n) is 17.7. The van der Waals surface area contributed by atoms with E-state index in [1.54, 1.807) is 6.20 Å². The van der Waals surface area contributed by atoms with Gasteiger partial charge >= 0.3 is 0 Å². The molecule has 0 spiro atoms. The summed E-state index contributed by atoms with van der Waals surface area (Å²) in [6.07, 6.45) is 3.73. The topological polar surface area (TPSA) is 107 Å². The van der Waals surface area contributed by atoms with Gasteiger partial charge in [0.1, 0.15) is 48.5 Å². The first kappa shape index (κ1) is 19.4. The van der Waals surface area contributed by atoms with Gasteiger partial charge in [0.2, 0.25) is 0 Å². The number of rotatable bonds is 4. The van der Waals surface area contributed by atoms with Crippen molar-refractivity contribution in [3.05, 3.63) is 55.1 Å². The number of hydrogen-bond acceptors (Lipinski definition) is 8. The van der Waals surface area contributed by atoms with E-state index in [9.17, 15) is 0 Å². The van der Waals surface area contributed by atoms with Crippen molar-refractivity contribution in [1.82, 2.24) is 19.5 Å². The monoisotopic (exact) mass is 433 g/mol. The lowest BCUT2D eigenvalue weighted by Gasteiger charge is -2.25. The van der Waals surface area contributed by atoms with Crippen LogP contribution in [-0.2, 0) is 14.2 Å². The molecule has 4 atom stereocenters. The zero-order chi connectivity index (χ0) is 21.9. The van der Waals surface area contributed by atoms with Crippen molar-refractivity contribution < 1.29 is 18.9 Å². The molecule has 2 fully saturated rings. The van der Waals surface area contributed by atoms with Crippen molar-refractivity contribution in [2.45, 2.75) is 44.2 Å². The highest BCUT2D eigenvalue weighted by Crippen LogP contribution is 2.44. The second-order valence-corrected chi connectivity index (χ2v) is 8.49. The number of nitrogens with zero attached hydrogens (tertiary/aromatic N) is 4. The standard InChI is InChI=1S/C23H23N5O4/c1-23(2)31-18-17(11-29-16-7-3-6-15-13(16)5-4-9-25-15)30-22(19(18)32-23)28-10-8-14-20(24)26-12-27-21(14)28/h3-10,12,17-19,22H,11H2,1-2H3,(H2,24,26,27)/t17-,18-,19-,22-/m1/s1. The SMILES string of the molecule is CC1(C)O[C@@H]2[C@H](O1)[C@@H](COc1cccc3ncccc13)O[C@H]2n1ccc2c(N)ncnc21. The third-order valence-electron chi connectivity index (χ3n) is 5.95. The summed E-state index contributed by atoms with van der Waals surface area (Å²) in [6.45, 7) is 4.12. The molecule has 9 nitrogen and oxygen atoms in total. The van der Waals surface area contributed by atoms with Gasteiger partial charge in [0, 0.05) is 17.8 Å². The lowest BCUT2D eigenvalue weighted by atomic mass is 10.1. The maximum atomic E-state index is 6.42. The van der Waals surface area contributed by atoms with Crippen LogP contribution in [0.25, 0.3) is 21.9 Å². The van der Waals surface area contributed by atoms with E-state index in [0.717, 1.165) is 22.0 Å². The summed E-state index contributed by atoms with van der Waals surface area (Å²) >= 11 is 0. The van der Waals surface area contributed by atoms with Gasteiger partial charge < -0.3 is 29.2 Å². The van der Waals surface area contributed by atoms with E-state index in [1.165, 1.54) is 6.33 Å². The van der Waals surface area contributed by atoms with Crippen LogP contribution >= 0.6 is 0 Å². The van der Waals surface area contributed by atoms with Crippen LogP contribution in [0.3, 0.4) is 0 Å². The first-order valence-electron chi connectivity index (χ1n) is 10.5. The highest BCUT2D eigenvalue weighted by Gasteiger charge is 2.56. The van der Waals surface area contributed by atoms with Gasteiger partial charge in [0.25, 0.3) is 0 Å². The maximum Gasteiger partial charge on any atom is 0.164 e. The van der Waals surface area contributed by atoms with E-state index in [4.69, 9.17) is 24.7 Å². The van der Waals surface area contributed by atoms with Gasteiger partial charge in [-0.1, -0.05) is 6.07 Å². The first-order chi connectivity index (χ1) is 15.5. The maximum absolute atomic E-state index is 6.42. The molecule has 2 N–H and O–H groups in total. The summed E-state index contributed by atoms with van der Waals surface area (Å²) in [4.78, 5) is 12.9. The van der Waals surface area contributed by atoms with E-state index < -0.39 is 12.0 Å². The predicted molar refractivity (Wildman–Crippen MR) is 117 cm³/mol. The van der Waals surface area contributed by atoms with E-state index in [2.05, 4.69) is 15.0 Å². The second-order valence-electron chi connectivity index (χ2n) is 8.49. The number of pyridine rings is 1. The van der Waals surface area contributed by atoms with Crippen LogP contribution in [0.15, 0.2) is 55.1 Å². The normalized spacial score (nSPS) is 26.6. The summed E-state index contributed by atoms with van der Waals surface area (Å²) < 4.78 is 27.0. The molecule has 0 unspecified atom stereocenters. The van der Waals surface area contributed by atoms with Gasteiger partial charge in [0.15, 0.2) is 12.0 Å². The number of hydrogen-bond donors (Lipinski definition) is 1. The van der Waals surface area contributed by atoms with Crippen molar-refractivity contribution in [2.75, 3.05) is 12.3 Å². The highest BCUT2D eigenvalue weighted by molar-refractivity contribution is 5.86. The molecule has 0 radical (unpaired) electrons. The molecule has 4 aromatic rings. The van der Waals surface area contributed by atoms with Gasteiger partial charge in [-0.05, 0) is 44.2 Å². The number of benzene rings is 1. The Morgan fingerprint density at radius 3 is 2.81 bits per heavy atom. The average molecular weight is 433 g/mol. The Morgan fingerprint density at radius 2 is 1.91 bits per heavy atom. The predicted octanol–water partition coefficient (Wildman–Crippen LogP) is 3.06. The van der Waals surface area contributed by atoms with E-state index in [-0.39, 0.29) is 18.3 Å². The number of aromatic nitrogens is 4. The molecule has 2 saturated heterocycles. The van der Waals surface area contributed by atoms with E-state index in [1.807, 2.05) is 61.0 Å². The Kier molecular flexibility index (Phi) is 4.32. The number of nitrogens with two attached hydrogens (primary N) is 1. The van der Waals surface area contributed by atoms with Gasteiger partial charge in [-0.15, -0.1) is 0 Å². The van der Waals surface area contributed by atoms with Crippen molar-refractivity contribution >= 4 is 27.8 Å². The molecule has 3 aromatic heterocycles. The van der Waals surface area contributed by atoms with Gasteiger partial charge in [0.05, 0.1) is 10.9 Å². The molecule has 0 bridgehead atoms. The van der Waals surface area contributed by atoms with Crippen LogP contribution in [0.1, 0.15) is 20.1 Å². The number of fused-ring (bicyclic) bond motifs is 3. The summed E-state index contributed by atoms with van der Waals surface area (Å²) in [5, 5.41) is 1.72. The fourth-order valence-electron chi connectivity index (χ4n) is 4.59. The molecule has 0 amide bonds. The molecule has 2 aliphatic heterocycles. The minimum Gasteiger partial charge on any atom is -0.490 e. The fraction of sp³-hybridized carbons (Fsp3) is 0.348. The molecule has 0 aliphatic carbocycles. The van der Waals surface area contributed by atoms with Crippen LogP contribution < -0.4 is 10.5 Å². The molecule has 1 aromatic carbocycles. The highest BCUT2D eigenvalue weighted by atomic mass is 16.8.